The van der Waals surface area contributed by atoms with Gasteiger partial charge in [0.05, 0.1) is 27.7 Å². The molecule has 0 amide bonds. The number of anilines is 3. The van der Waals surface area contributed by atoms with Gasteiger partial charge in [0.2, 0.25) is 0 Å². The van der Waals surface area contributed by atoms with Crippen LogP contribution in [0.3, 0.4) is 0 Å². The second-order valence-corrected chi connectivity index (χ2v) is 15.7. The highest BCUT2D eigenvalue weighted by atomic mass is 32.1. The van der Waals surface area contributed by atoms with Crippen molar-refractivity contribution in [1.29, 1.82) is 0 Å². The van der Waals surface area contributed by atoms with Crippen LogP contribution in [-0.2, 0) is 5.41 Å². The molecule has 0 saturated heterocycles. The minimum Gasteiger partial charge on any atom is -0.307 e. The maximum Gasteiger partial charge on any atom is 0.0825 e. The Morgan fingerprint density at radius 2 is 1.02 bits per heavy atom. The smallest absolute Gasteiger partial charge is 0.0825 e. The number of rotatable bonds is 4. The molecule has 1 spiro atoms. The van der Waals surface area contributed by atoms with Crippen molar-refractivity contribution in [2.24, 2.45) is 0 Å². The van der Waals surface area contributed by atoms with Crippen molar-refractivity contribution >= 4 is 59.3 Å². The van der Waals surface area contributed by atoms with E-state index in [1.54, 1.807) is 0 Å². The van der Waals surface area contributed by atoms with Gasteiger partial charge in [-0.3, -0.25) is 4.98 Å². The van der Waals surface area contributed by atoms with Crippen LogP contribution in [-0.4, -0.2) is 4.98 Å². The first-order valence-corrected chi connectivity index (χ1v) is 19.7. The number of aromatic nitrogens is 1. The van der Waals surface area contributed by atoms with Gasteiger partial charge in [-0.25, -0.2) is 0 Å². The molecule has 8 aromatic carbocycles. The summed E-state index contributed by atoms with van der Waals surface area (Å²) in [5.74, 6) is 0. The zero-order valence-corrected chi connectivity index (χ0v) is 30.6. The van der Waals surface area contributed by atoms with Crippen LogP contribution in [0.25, 0.3) is 64.3 Å². The maximum atomic E-state index is 4.99. The molecule has 256 valence electrons. The molecule has 0 bridgehead atoms. The predicted octanol–water partition coefficient (Wildman–Crippen LogP) is 14.1. The average molecular weight is 717 g/mol. The maximum absolute atomic E-state index is 4.99. The fraction of sp³-hybridized carbons (Fsp3) is 0.0192. The van der Waals surface area contributed by atoms with Gasteiger partial charge in [-0.15, -0.1) is 11.3 Å². The Morgan fingerprint density at radius 1 is 0.400 bits per heavy atom. The lowest BCUT2D eigenvalue weighted by Crippen LogP contribution is -2.26. The fourth-order valence-corrected chi connectivity index (χ4v) is 11.0. The van der Waals surface area contributed by atoms with Gasteiger partial charge in [0, 0.05) is 32.9 Å². The molecule has 2 aromatic heterocycles. The second-order valence-electron chi connectivity index (χ2n) is 14.6. The molecule has 12 rings (SSSR count). The van der Waals surface area contributed by atoms with Crippen LogP contribution in [0, 0.1) is 0 Å². The lowest BCUT2D eigenvalue weighted by atomic mass is 9.70. The van der Waals surface area contributed by atoms with E-state index in [2.05, 4.69) is 199 Å². The number of nitrogens with zero attached hydrogens (tertiary/aromatic N) is 2. The molecule has 0 atom stereocenters. The number of hydrogen-bond acceptors (Lipinski definition) is 3. The summed E-state index contributed by atoms with van der Waals surface area (Å²) in [4.78, 5) is 7.46. The average Bonchev–Trinajstić information content (AvgIpc) is 3.90. The van der Waals surface area contributed by atoms with Crippen molar-refractivity contribution in [2.75, 3.05) is 4.90 Å². The minimum atomic E-state index is -0.432. The summed E-state index contributed by atoms with van der Waals surface area (Å²) in [6.07, 6.45) is 4.12. The van der Waals surface area contributed by atoms with E-state index in [0.29, 0.717) is 0 Å². The zero-order valence-electron chi connectivity index (χ0n) is 29.8. The second kappa shape index (κ2) is 11.6. The van der Waals surface area contributed by atoms with E-state index < -0.39 is 5.41 Å². The van der Waals surface area contributed by atoms with Crippen LogP contribution < -0.4 is 4.90 Å². The van der Waals surface area contributed by atoms with Gasteiger partial charge in [-0.05, 0) is 79.0 Å². The van der Waals surface area contributed by atoms with Crippen molar-refractivity contribution in [1.82, 2.24) is 4.98 Å². The van der Waals surface area contributed by atoms with E-state index in [1.807, 2.05) is 11.3 Å². The molecule has 2 nitrogen and oxygen atoms in total. The van der Waals surface area contributed by atoms with Gasteiger partial charge in [0.25, 0.3) is 0 Å². The highest BCUT2D eigenvalue weighted by molar-refractivity contribution is 7.27. The highest BCUT2D eigenvalue weighted by Crippen LogP contribution is 2.64. The zero-order chi connectivity index (χ0) is 36.1. The van der Waals surface area contributed by atoms with Crippen LogP contribution in [0.2, 0.25) is 0 Å². The number of fused-ring (bicyclic) bond motifs is 15. The van der Waals surface area contributed by atoms with E-state index in [-0.39, 0.29) is 0 Å². The quantitative estimate of drug-likeness (QED) is 0.180. The largest absolute Gasteiger partial charge is 0.307 e. The summed E-state index contributed by atoms with van der Waals surface area (Å²) in [5, 5.41) is 4.96. The molecule has 2 aliphatic rings. The van der Waals surface area contributed by atoms with Crippen LogP contribution in [0.4, 0.5) is 17.1 Å². The van der Waals surface area contributed by atoms with Gasteiger partial charge < -0.3 is 4.90 Å². The first-order chi connectivity index (χ1) is 27.3. The molecular formula is C52H32N2S. The van der Waals surface area contributed by atoms with E-state index in [9.17, 15) is 0 Å². The molecule has 2 heterocycles. The molecule has 3 heteroatoms. The Hall–Kier alpha value is -6.81. The van der Waals surface area contributed by atoms with Gasteiger partial charge in [0.15, 0.2) is 0 Å². The normalized spacial score (nSPS) is 13.2. The summed E-state index contributed by atoms with van der Waals surface area (Å²) in [6.45, 7) is 0. The minimum absolute atomic E-state index is 0.432. The van der Waals surface area contributed by atoms with Gasteiger partial charge in [-0.2, -0.15) is 0 Å². The van der Waals surface area contributed by atoms with Crippen molar-refractivity contribution in [2.45, 2.75) is 5.41 Å². The Morgan fingerprint density at radius 3 is 1.78 bits per heavy atom. The molecular weight excluding hydrogens is 685 g/mol. The Kier molecular flexibility index (Phi) is 6.46. The SMILES string of the molecule is c1ccc(-c2ccc(N(c3cccc4c3-c3ccccc3C43c4ccccc4-c4ccccc43)c3cncc4c3sc3c5ccccc5ccc43)cc2)cc1. The summed E-state index contributed by atoms with van der Waals surface area (Å²) in [7, 11) is 0. The van der Waals surface area contributed by atoms with Crippen molar-refractivity contribution in [3.8, 4) is 33.4 Å². The van der Waals surface area contributed by atoms with E-state index in [4.69, 9.17) is 4.98 Å². The van der Waals surface area contributed by atoms with Crippen molar-refractivity contribution < 1.29 is 0 Å². The Bertz CT molecular complexity index is 3110. The molecule has 0 saturated carbocycles. The van der Waals surface area contributed by atoms with Crippen molar-refractivity contribution in [3.05, 3.63) is 217 Å². The third-order valence-electron chi connectivity index (χ3n) is 12.0. The number of hydrogen-bond donors (Lipinski definition) is 0. The lowest BCUT2D eigenvalue weighted by molar-refractivity contribution is 0.794. The topological polar surface area (TPSA) is 16.1 Å². The molecule has 0 unspecified atom stereocenters. The van der Waals surface area contributed by atoms with E-state index >= 15 is 0 Å². The van der Waals surface area contributed by atoms with Crippen LogP contribution >= 0.6 is 11.3 Å². The Labute approximate surface area is 323 Å². The molecule has 0 fully saturated rings. The molecule has 0 N–H and O–H groups in total. The van der Waals surface area contributed by atoms with Crippen LogP contribution in [0.15, 0.2) is 194 Å². The molecule has 10 aromatic rings. The summed E-state index contributed by atoms with van der Waals surface area (Å²) >= 11 is 1.87. The summed E-state index contributed by atoms with van der Waals surface area (Å²) < 4.78 is 2.52. The first kappa shape index (κ1) is 30.6. The number of thiophene rings is 1. The van der Waals surface area contributed by atoms with Gasteiger partial charge in [0.1, 0.15) is 0 Å². The summed E-state index contributed by atoms with van der Waals surface area (Å²) in [6, 6.07) is 67.0. The fourth-order valence-electron chi connectivity index (χ4n) is 9.72. The number of pyridine rings is 1. The molecule has 55 heavy (non-hydrogen) atoms. The van der Waals surface area contributed by atoms with Crippen LogP contribution in [0.5, 0.6) is 0 Å². The third-order valence-corrected chi connectivity index (χ3v) is 13.2. The first-order valence-electron chi connectivity index (χ1n) is 18.9. The molecule has 0 aliphatic heterocycles. The predicted molar refractivity (Wildman–Crippen MR) is 231 cm³/mol. The third kappa shape index (κ3) is 4.16. The van der Waals surface area contributed by atoms with E-state index in [1.165, 1.54) is 86.6 Å². The lowest BCUT2D eigenvalue weighted by Gasteiger charge is -2.31. The van der Waals surface area contributed by atoms with Gasteiger partial charge >= 0.3 is 0 Å². The van der Waals surface area contributed by atoms with E-state index in [0.717, 1.165) is 17.1 Å². The highest BCUT2D eigenvalue weighted by Gasteiger charge is 2.52. The van der Waals surface area contributed by atoms with Crippen LogP contribution in [0.1, 0.15) is 22.3 Å². The van der Waals surface area contributed by atoms with Gasteiger partial charge in [-0.1, -0.05) is 164 Å². The molecule has 2 aliphatic carbocycles. The standard InChI is InChI=1S/C52H32N2S/c1-2-13-33(14-3-1)34-25-28-36(29-26-34)54(48-32-53-31-42-40-30-27-35-15-4-5-16-37(35)50(40)55-51(42)48)47-24-12-23-46-49(47)41-19-8-11-22-45(41)52(46)43-20-9-6-17-38(43)39-18-7-10-21-44(39)52/h1-32H. The molecule has 0 radical (unpaired) electrons. The monoisotopic (exact) mass is 716 g/mol. The van der Waals surface area contributed by atoms with Crippen molar-refractivity contribution in [3.63, 3.8) is 0 Å². The summed E-state index contributed by atoms with van der Waals surface area (Å²) in [5.41, 5.74) is 15.8. The number of benzene rings is 8. The Balaban J connectivity index is 1.17.